The maximum absolute atomic E-state index is 13.4. The average Bonchev–Trinajstić information content (AvgIpc) is 3.51. The van der Waals surface area contributed by atoms with Gasteiger partial charge in [0, 0.05) is 70.9 Å². The van der Waals surface area contributed by atoms with Gasteiger partial charge >= 0.3 is 0 Å². The summed E-state index contributed by atoms with van der Waals surface area (Å²) in [4.78, 5) is 36.6. The topological polar surface area (TPSA) is 121 Å². The Labute approximate surface area is 239 Å². The van der Waals surface area contributed by atoms with E-state index in [1.807, 2.05) is 42.5 Å². The number of amides is 1. The van der Waals surface area contributed by atoms with Gasteiger partial charge in [0.2, 0.25) is 5.95 Å². The van der Waals surface area contributed by atoms with Crippen LogP contribution in [0.2, 0.25) is 0 Å². The summed E-state index contributed by atoms with van der Waals surface area (Å²) in [6, 6.07) is 17.8. The van der Waals surface area contributed by atoms with Crippen molar-refractivity contribution in [3.63, 3.8) is 0 Å². The largest absolute Gasteiger partial charge is 0.378 e. The number of benzene rings is 2. The van der Waals surface area contributed by atoms with Gasteiger partial charge in [-0.15, -0.1) is 0 Å². The van der Waals surface area contributed by atoms with E-state index in [1.54, 1.807) is 18.7 Å². The summed E-state index contributed by atoms with van der Waals surface area (Å²) in [6.45, 7) is 3.68. The van der Waals surface area contributed by atoms with Crippen LogP contribution in [0.5, 0.6) is 0 Å². The molecule has 0 aliphatic carbocycles. The van der Waals surface area contributed by atoms with Crippen LogP contribution >= 0.6 is 15.9 Å². The quantitative estimate of drug-likeness (QED) is 0.234. The van der Waals surface area contributed by atoms with Gasteiger partial charge in [-0.25, -0.2) is 15.0 Å². The molecule has 1 saturated heterocycles. The predicted molar refractivity (Wildman–Crippen MR) is 158 cm³/mol. The Morgan fingerprint density at radius 2 is 1.85 bits per heavy atom. The van der Waals surface area contributed by atoms with Crippen LogP contribution in [0.4, 0.5) is 17.3 Å². The first-order valence-corrected chi connectivity index (χ1v) is 13.8. The second kappa shape index (κ2) is 11.8. The van der Waals surface area contributed by atoms with E-state index in [0.29, 0.717) is 35.8 Å². The van der Waals surface area contributed by atoms with E-state index in [1.165, 1.54) is 0 Å². The van der Waals surface area contributed by atoms with Crippen molar-refractivity contribution < 1.29 is 9.53 Å². The van der Waals surface area contributed by atoms with Gasteiger partial charge in [-0.05, 0) is 42.0 Å². The smallest absolute Gasteiger partial charge is 0.270 e. The van der Waals surface area contributed by atoms with Crippen molar-refractivity contribution >= 4 is 50.2 Å². The molecule has 3 N–H and O–H groups in total. The minimum absolute atomic E-state index is 0.279. The normalized spacial score (nSPS) is 13.4. The molecular weight excluding hydrogens is 572 g/mol. The molecule has 0 atom stereocenters. The van der Waals surface area contributed by atoms with Gasteiger partial charge in [0.25, 0.3) is 5.91 Å². The fourth-order valence-electron chi connectivity index (χ4n) is 4.60. The lowest BCUT2D eigenvalue weighted by atomic mass is 10.0. The number of nitrogens with zero attached hydrogens (tertiary/aromatic N) is 5. The minimum Gasteiger partial charge on any atom is -0.378 e. The first-order valence-electron chi connectivity index (χ1n) is 13.0. The molecule has 1 fully saturated rings. The summed E-state index contributed by atoms with van der Waals surface area (Å²) < 4.78 is 6.31. The van der Waals surface area contributed by atoms with Crippen LogP contribution in [0.25, 0.3) is 22.2 Å². The van der Waals surface area contributed by atoms with Crippen LogP contribution < -0.4 is 15.5 Å². The third-order valence-corrected chi connectivity index (χ3v) is 7.37. The second-order valence-corrected chi connectivity index (χ2v) is 10.2. The van der Waals surface area contributed by atoms with Gasteiger partial charge in [0.05, 0.1) is 19.5 Å². The molecule has 1 aliphatic rings. The minimum atomic E-state index is -0.279. The number of nitrogens with one attached hydrogen (secondary N) is 3. The number of H-pyrrole nitrogens is 1. The molecule has 0 spiro atoms. The highest BCUT2D eigenvalue weighted by molar-refractivity contribution is 9.10. The molecule has 6 rings (SSSR count). The van der Waals surface area contributed by atoms with E-state index in [9.17, 15) is 4.79 Å². The lowest BCUT2D eigenvalue weighted by Crippen LogP contribution is -2.36. The van der Waals surface area contributed by atoms with Crippen molar-refractivity contribution in [1.29, 1.82) is 0 Å². The Hall–Kier alpha value is -4.35. The van der Waals surface area contributed by atoms with Crippen molar-refractivity contribution in [1.82, 2.24) is 30.2 Å². The molecule has 0 radical (unpaired) electrons. The zero-order valence-electron chi connectivity index (χ0n) is 21.6. The van der Waals surface area contributed by atoms with Crippen LogP contribution in [0.1, 0.15) is 16.2 Å². The van der Waals surface area contributed by atoms with E-state index < -0.39 is 0 Å². The summed E-state index contributed by atoms with van der Waals surface area (Å²) >= 11 is 3.62. The number of aromatic amines is 1. The molecular formula is C29H27BrN8O2. The van der Waals surface area contributed by atoms with Crippen LogP contribution in [0, 0.1) is 0 Å². The molecule has 2 aromatic carbocycles. The summed E-state index contributed by atoms with van der Waals surface area (Å²) in [5.41, 5.74) is 5.23. The number of morpholine rings is 1. The Morgan fingerprint density at radius 3 is 2.62 bits per heavy atom. The zero-order valence-corrected chi connectivity index (χ0v) is 23.2. The van der Waals surface area contributed by atoms with Crippen LogP contribution in [-0.4, -0.2) is 63.7 Å². The van der Waals surface area contributed by atoms with E-state index in [0.717, 1.165) is 58.8 Å². The van der Waals surface area contributed by atoms with Gasteiger partial charge in [-0.3, -0.25) is 4.79 Å². The molecule has 40 heavy (non-hydrogen) atoms. The molecule has 202 valence electrons. The van der Waals surface area contributed by atoms with Gasteiger partial charge in [0.15, 0.2) is 5.65 Å². The number of rotatable bonds is 8. The first-order chi connectivity index (χ1) is 19.6. The highest BCUT2D eigenvalue weighted by atomic mass is 79.9. The standard InChI is InChI=1S/C29H27BrN8O2/c30-25-4-2-1-3-23(25)24-15-19-16-33-29(35-20-5-7-22(8-6-20)38-11-13-40-14-12-38)37-27(19)36-26(24)28(39)32-10-9-21-17-31-18-34-21/h1-8,15-18H,9-14H2,(H,31,34)(H,32,39)(H,33,35,36,37). The molecule has 4 heterocycles. The van der Waals surface area contributed by atoms with Gasteiger partial charge in [-0.1, -0.05) is 34.1 Å². The first kappa shape index (κ1) is 25.9. The third-order valence-electron chi connectivity index (χ3n) is 6.68. The number of imidazole rings is 1. The molecule has 0 bridgehead atoms. The van der Waals surface area contributed by atoms with Crippen molar-refractivity contribution in [2.45, 2.75) is 6.42 Å². The highest BCUT2D eigenvalue weighted by Gasteiger charge is 2.19. The number of pyridine rings is 1. The lowest BCUT2D eigenvalue weighted by molar-refractivity contribution is 0.0950. The molecule has 10 nitrogen and oxygen atoms in total. The van der Waals surface area contributed by atoms with E-state index in [2.05, 4.69) is 63.5 Å². The number of hydrogen-bond donors (Lipinski definition) is 3. The fraction of sp³-hybridized carbons (Fsp3) is 0.207. The van der Waals surface area contributed by atoms with E-state index in [4.69, 9.17) is 9.72 Å². The maximum atomic E-state index is 13.4. The average molecular weight is 599 g/mol. The van der Waals surface area contributed by atoms with Crippen LogP contribution in [-0.2, 0) is 11.2 Å². The molecule has 11 heteroatoms. The zero-order chi connectivity index (χ0) is 27.3. The molecule has 1 aliphatic heterocycles. The summed E-state index contributed by atoms with van der Waals surface area (Å²) in [5, 5.41) is 6.97. The summed E-state index contributed by atoms with van der Waals surface area (Å²) in [6.07, 6.45) is 5.72. The summed E-state index contributed by atoms with van der Waals surface area (Å²) in [5.74, 6) is 0.123. The third kappa shape index (κ3) is 5.80. The Morgan fingerprint density at radius 1 is 1.02 bits per heavy atom. The van der Waals surface area contributed by atoms with Crippen molar-refractivity contribution in [3.05, 3.63) is 89.2 Å². The molecule has 5 aromatic rings. The van der Waals surface area contributed by atoms with Gasteiger partial charge in [-0.2, -0.15) is 4.98 Å². The number of hydrogen-bond acceptors (Lipinski definition) is 8. The van der Waals surface area contributed by atoms with E-state index in [-0.39, 0.29) is 5.91 Å². The number of aromatic nitrogens is 5. The second-order valence-electron chi connectivity index (χ2n) is 9.32. The molecule has 1 amide bonds. The van der Waals surface area contributed by atoms with Gasteiger partial charge < -0.3 is 25.3 Å². The number of ether oxygens (including phenoxy) is 1. The van der Waals surface area contributed by atoms with Crippen molar-refractivity contribution in [2.75, 3.05) is 43.1 Å². The number of anilines is 3. The van der Waals surface area contributed by atoms with Gasteiger partial charge in [0.1, 0.15) is 5.69 Å². The van der Waals surface area contributed by atoms with Crippen molar-refractivity contribution in [3.8, 4) is 11.1 Å². The number of carbonyl (C=O) groups is 1. The van der Waals surface area contributed by atoms with E-state index >= 15 is 0 Å². The number of carbonyl (C=O) groups excluding carboxylic acids is 1. The SMILES string of the molecule is O=C(NCCc1cnc[nH]1)c1nc2nc(Nc3ccc(N4CCOCC4)cc3)ncc2cc1-c1ccccc1Br. The fourth-order valence-corrected chi connectivity index (χ4v) is 5.10. The van der Waals surface area contributed by atoms with Crippen LogP contribution in [0.15, 0.2) is 77.8 Å². The van der Waals surface area contributed by atoms with Crippen molar-refractivity contribution in [2.24, 2.45) is 0 Å². The lowest BCUT2D eigenvalue weighted by Gasteiger charge is -2.28. The number of fused-ring (bicyclic) bond motifs is 1. The Balaban J connectivity index is 1.27. The summed E-state index contributed by atoms with van der Waals surface area (Å²) in [7, 11) is 0. The Kier molecular flexibility index (Phi) is 7.64. The highest BCUT2D eigenvalue weighted by Crippen LogP contribution is 2.32. The maximum Gasteiger partial charge on any atom is 0.270 e. The number of halogens is 1. The van der Waals surface area contributed by atoms with Crippen LogP contribution in [0.3, 0.4) is 0 Å². The molecule has 3 aromatic heterocycles. The monoisotopic (exact) mass is 598 g/mol. The molecule has 0 unspecified atom stereocenters. The predicted octanol–water partition coefficient (Wildman–Crippen LogP) is 4.73. The Bertz CT molecular complexity index is 1620. The molecule has 0 saturated carbocycles.